The first-order valence-electron chi connectivity index (χ1n) is 6.78. The smallest absolute Gasteiger partial charge is 0.408 e. The first-order chi connectivity index (χ1) is 8.79. The Labute approximate surface area is 114 Å². The number of oxime groups is 1. The Morgan fingerprint density at radius 3 is 2.21 bits per heavy atom. The van der Waals surface area contributed by atoms with Gasteiger partial charge in [0.15, 0.2) is 5.84 Å². The Morgan fingerprint density at radius 1 is 1.26 bits per heavy atom. The van der Waals surface area contributed by atoms with Gasteiger partial charge in [0, 0.05) is 0 Å². The van der Waals surface area contributed by atoms with E-state index in [2.05, 4.69) is 10.5 Å². The lowest BCUT2D eigenvalue weighted by Crippen LogP contribution is -2.58. The third kappa shape index (κ3) is 4.61. The highest BCUT2D eigenvalue weighted by Crippen LogP contribution is 2.28. The zero-order valence-corrected chi connectivity index (χ0v) is 12.0. The van der Waals surface area contributed by atoms with Crippen LogP contribution in [0, 0.1) is 0 Å². The van der Waals surface area contributed by atoms with Crippen LogP contribution in [0.4, 0.5) is 4.79 Å². The van der Waals surface area contributed by atoms with Crippen LogP contribution >= 0.6 is 0 Å². The van der Waals surface area contributed by atoms with Gasteiger partial charge in [0.05, 0.1) is 0 Å². The number of hydrogen-bond donors (Lipinski definition) is 3. The number of amidine groups is 1. The van der Waals surface area contributed by atoms with E-state index in [4.69, 9.17) is 15.7 Å². The van der Waals surface area contributed by atoms with E-state index >= 15 is 0 Å². The topological polar surface area (TPSA) is 96.9 Å². The van der Waals surface area contributed by atoms with Gasteiger partial charge < -0.3 is 21.0 Å². The number of nitrogens with zero attached hydrogens (tertiary/aromatic N) is 1. The summed E-state index contributed by atoms with van der Waals surface area (Å²) >= 11 is 0. The lowest BCUT2D eigenvalue weighted by Gasteiger charge is -2.33. The molecular formula is C13H25N3O3. The number of ether oxygens (including phenoxy) is 1. The largest absolute Gasteiger partial charge is 0.444 e. The summed E-state index contributed by atoms with van der Waals surface area (Å²) in [7, 11) is 0. The van der Waals surface area contributed by atoms with E-state index < -0.39 is 17.2 Å². The van der Waals surface area contributed by atoms with Gasteiger partial charge in [-0.2, -0.15) is 0 Å². The van der Waals surface area contributed by atoms with Gasteiger partial charge in [-0.05, 0) is 33.6 Å². The second-order valence-corrected chi connectivity index (χ2v) is 6.11. The molecule has 0 spiro atoms. The Morgan fingerprint density at radius 2 is 1.79 bits per heavy atom. The van der Waals surface area contributed by atoms with E-state index in [9.17, 15) is 4.79 Å². The molecular weight excluding hydrogens is 246 g/mol. The van der Waals surface area contributed by atoms with E-state index in [1.807, 2.05) is 0 Å². The monoisotopic (exact) mass is 271 g/mol. The van der Waals surface area contributed by atoms with Crippen molar-refractivity contribution in [3.63, 3.8) is 0 Å². The standard InChI is InChI=1S/C13H25N3O3/c1-12(2,3)19-11(17)15-13(10(14)16-18)8-6-4-5-7-9-13/h18H,4-9H2,1-3H3,(H2,14,16)(H,15,17). The van der Waals surface area contributed by atoms with Gasteiger partial charge >= 0.3 is 6.09 Å². The number of hydrogen-bond acceptors (Lipinski definition) is 4. The minimum atomic E-state index is -0.784. The molecule has 19 heavy (non-hydrogen) atoms. The molecule has 1 aliphatic carbocycles. The Bertz CT molecular complexity index is 340. The van der Waals surface area contributed by atoms with Gasteiger partial charge in [-0.15, -0.1) is 0 Å². The van der Waals surface area contributed by atoms with Crippen molar-refractivity contribution in [2.45, 2.75) is 70.4 Å². The molecule has 0 aromatic carbocycles. The van der Waals surface area contributed by atoms with E-state index in [1.165, 1.54) is 0 Å². The minimum Gasteiger partial charge on any atom is -0.444 e. The third-order valence-corrected chi connectivity index (χ3v) is 3.30. The van der Waals surface area contributed by atoms with Gasteiger partial charge in [-0.1, -0.05) is 30.8 Å². The maximum atomic E-state index is 11.9. The number of amides is 1. The maximum Gasteiger partial charge on any atom is 0.408 e. The highest BCUT2D eigenvalue weighted by atomic mass is 16.6. The second kappa shape index (κ2) is 6.12. The Kier molecular flexibility index (Phi) is 5.03. The summed E-state index contributed by atoms with van der Waals surface area (Å²) in [5, 5.41) is 14.9. The summed E-state index contributed by atoms with van der Waals surface area (Å²) in [6, 6.07) is 0. The van der Waals surface area contributed by atoms with Crippen LogP contribution < -0.4 is 11.1 Å². The van der Waals surface area contributed by atoms with E-state index in [0.717, 1.165) is 25.7 Å². The fourth-order valence-electron chi connectivity index (χ4n) is 2.37. The summed E-state index contributed by atoms with van der Waals surface area (Å²) in [5.74, 6) is 0.0558. The Balaban J connectivity index is 2.83. The average molecular weight is 271 g/mol. The van der Waals surface area contributed by atoms with Crippen molar-refractivity contribution >= 4 is 11.9 Å². The van der Waals surface area contributed by atoms with Crippen LogP contribution in [0.3, 0.4) is 0 Å². The van der Waals surface area contributed by atoms with Crippen LogP contribution in [-0.2, 0) is 4.74 Å². The first-order valence-corrected chi connectivity index (χ1v) is 6.78. The molecule has 1 saturated carbocycles. The van der Waals surface area contributed by atoms with Crippen molar-refractivity contribution in [1.82, 2.24) is 5.32 Å². The van der Waals surface area contributed by atoms with E-state index in [1.54, 1.807) is 20.8 Å². The number of nitrogens with two attached hydrogens (primary N) is 1. The molecule has 0 heterocycles. The zero-order valence-electron chi connectivity index (χ0n) is 12.0. The van der Waals surface area contributed by atoms with Gasteiger partial charge in [0.25, 0.3) is 0 Å². The molecule has 0 aromatic heterocycles. The summed E-state index contributed by atoms with van der Waals surface area (Å²) in [6.45, 7) is 5.40. The highest BCUT2D eigenvalue weighted by Gasteiger charge is 2.38. The van der Waals surface area contributed by atoms with Gasteiger partial charge in [-0.3, -0.25) is 0 Å². The number of nitrogens with one attached hydrogen (secondary N) is 1. The molecule has 1 amide bonds. The second-order valence-electron chi connectivity index (χ2n) is 6.11. The summed E-state index contributed by atoms with van der Waals surface area (Å²) in [4.78, 5) is 11.9. The summed E-state index contributed by atoms with van der Waals surface area (Å²) in [5.41, 5.74) is 4.44. The SMILES string of the molecule is CC(C)(C)OC(=O)NC1(C(N)=NO)CCCCCC1. The van der Waals surface area contributed by atoms with Crippen LogP contribution in [0.2, 0.25) is 0 Å². The van der Waals surface area contributed by atoms with Crippen molar-refractivity contribution in [2.75, 3.05) is 0 Å². The average Bonchev–Trinajstić information content (AvgIpc) is 2.52. The molecule has 1 aliphatic rings. The molecule has 4 N–H and O–H groups in total. The fraction of sp³-hybridized carbons (Fsp3) is 0.846. The highest BCUT2D eigenvalue weighted by molar-refractivity contribution is 5.92. The van der Waals surface area contributed by atoms with Crippen LogP contribution in [0.5, 0.6) is 0 Å². The van der Waals surface area contributed by atoms with Gasteiger partial charge in [0.2, 0.25) is 0 Å². The molecule has 1 rings (SSSR count). The maximum absolute atomic E-state index is 11.9. The first kappa shape index (κ1) is 15.6. The molecule has 110 valence electrons. The predicted molar refractivity (Wildman–Crippen MR) is 73.2 cm³/mol. The molecule has 0 bridgehead atoms. The molecule has 0 atom stereocenters. The van der Waals surface area contributed by atoms with Crippen LogP contribution in [0.25, 0.3) is 0 Å². The van der Waals surface area contributed by atoms with Crippen molar-refractivity contribution in [1.29, 1.82) is 0 Å². The summed E-state index contributed by atoms with van der Waals surface area (Å²) in [6.07, 6.45) is 4.87. The van der Waals surface area contributed by atoms with Crippen molar-refractivity contribution < 1.29 is 14.7 Å². The molecule has 1 fully saturated rings. The van der Waals surface area contributed by atoms with Crippen LogP contribution in [0.1, 0.15) is 59.3 Å². The van der Waals surface area contributed by atoms with Gasteiger partial charge in [0.1, 0.15) is 11.1 Å². The summed E-state index contributed by atoms with van der Waals surface area (Å²) < 4.78 is 5.26. The lowest BCUT2D eigenvalue weighted by molar-refractivity contribution is 0.0476. The Hall–Kier alpha value is -1.46. The zero-order chi connectivity index (χ0) is 14.5. The molecule has 0 saturated heterocycles. The van der Waals surface area contributed by atoms with Crippen molar-refractivity contribution in [3.8, 4) is 0 Å². The van der Waals surface area contributed by atoms with E-state index in [0.29, 0.717) is 12.8 Å². The normalized spacial score (nSPS) is 20.5. The molecule has 0 unspecified atom stereocenters. The molecule has 6 heteroatoms. The fourth-order valence-corrected chi connectivity index (χ4v) is 2.37. The number of rotatable bonds is 2. The number of alkyl carbamates (subject to hydrolysis) is 1. The molecule has 0 aromatic rings. The van der Waals surface area contributed by atoms with Crippen LogP contribution in [-0.4, -0.2) is 28.3 Å². The van der Waals surface area contributed by atoms with Gasteiger partial charge in [-0.25, -0.2) is 4.79 Å². The lowest BCUT2D eigenvalue weighted by atomic mass is 9.89. The number of carbonyl (C=O) groups is 1. The van der Waals surface area contributed by atoms with E-state index in [-0.39, 0.29) is 5.84 Å². The quantitative estimate of drug-likeness (QED) is 0.236. The number of carbonyl (C=O) groups excluding carboxylic acids is 1. The van der Waals surface area contributed by atoms with Crippen LogP contribution in [0.15, 0.2) is 5.16 Å². The third-order valence-electron chi connectivity index (χ3n) is 3.30. The minimum absolute atomic E-state index is 0.0558. The molecule has 6 nitrogen and oxygen atoms in total. The van der Waals surface area contributed by atoms with Crippen molar-refractivity contribution in [3.05, 3.63) is 0 Å². The molecule has 0 radical (unpaired) electrons. The van der Waals surface area contributed by atoms with Crippen molar-refractivity contribution in [2.24, 2.45) is 10.9 Å². The molecule has 0 aliphatic heterocycles. The predicted octanol–water partition coefficient (Wildman–Crippen LogP) is 2.35.